The molecule has 0 saturated carbocycles. The summed E-state index contributed by atoms with van der Waals surface area (Å²) >= 11 is 0. The Kier molecular flexibility index (Phi) is 5.81. The summed E-state index contributed by atoms with van der Waals surface area (Å²) in [6.07, 6.45) is 1.64. The molecule has 1 aliphatic heterocycles. The van der Waals surface area contributed by atoms with Gasteiger partial charge in [0.25, 0.3) is 5.91 Å². The maximum atomic E-state index is 12.5. The van der Waals surface area contributed by atoms with Crippen molar-refractivity contribution in [1.29, 1.82) is 0 Å². The van der Waals surface area contributed by atoms with Crippen molar-refractivity contribution in [2.75, 3.05) is 24.4 Å². The molecule has 32 heavy (non-hydrogen) atoms. The lowest BCUT2D eigenvalue weighted by atomic mass is 10.0. The number of amides is 2. The lowest BCUT2D eigenvalue weighted by Crippen LogP contribution is -2.29. The molecule has 2 amide bonds. The smallest absolute Gasteiger partial charge is 0.262 e. The molecule has 0 saturated heterocycles. The fraction of sp³-hybridized carbons (Fsp3) is 0.304. The first-order valence-corrected chi connectivity index (χ1v) is 10.2. The van der Waals surface area contributed by atoms with Gasteiger partial charge in [-0.3, -0.25) is 14.9 Å². The van der Waals surface area contributed by atoms with Crippen LogP contribution in [0.15, 0.2) is 36.7 Å². The third-order valence-corrected chi connectivity index (χ3v) is 5.37. The van der Waals surface area contributed by atoms with E-state index in [0.29, 0.717) is 17.4 Å². The van der Waals surface area contributed by atoms with Gasteiger partial charge < -0.3 is 14.8 Å². The highest BCUT2D eigenvalue weighted by molar-refractivity contribution is 5.93. The van der Waals surface area contributed by atoms with Crippen LogP contribution in [-0.4, -0.2) is 40.3 Å². The molecule has 0 spiro atoms. The van der Waals surface area contributed by atoms with Gasteiger partial charge in [-0.1, -0.05) is 23.8 Å². The zero-order valence-corrected chi connectivity index (χ0v) is 18.4. The molecule has 0 bridgehead atoms. The maximum absolute atomic E-state index is 12.5. The Hall–Kier alpha value is -3.88. The van der Waals surface area contributed by atoms with E-state index in [9.17, 15) is 9.59 Å². The van der Waals surface area contributed by atoms with Crippen LogP contribution in [0, 0.1) is 20.8 Å². The van der Waals surface area contributed by atoms with Crippen LogP contribution < -0.4 is 20.1 Å². The van der Waals surface area contributed by atoms with E-state index in [1.54, 1.807) is 16.8 Å². The second-order valence-corrected chi connectivity index (χ2v) is 7.82. The van der Waals surface area contributed by atoms with Crippen molar-refractivity contribution in [1.82, 2.24) is 14.8 Å². The molecule has 1 aliphatic rings. The van der Waals surface area contributed by atoms with Gasteiger partial charge in [0.1, 0.15) is 6.33 Å². The average molecular weight is 435 g/mol. The lowest BCUT2D eigenvalue weighted by molar-refractivity contribution is -0.118. The normalized spacial score (nSPS) is 15.0. The van der Waals surface area contributed by atoms with Crippen LogP contribution in [0.2, 0.25) is 0 Å². The van der Waals surface area contributed by atoms with Crippen molar-refractivity contribution in [3.63, 3.8) is 0 Å². The Morgan fingerprint density at radius 1 is 1.19 bits per heavy atom. The van der Waals surface area contributed by atoms with Gasteiger partial charge >= 0.3 is 0 Å². The Morgan fingerprint density at radius 3 is 2.66 bits per heavy atom. The molecule has 2 N–H and O–H groups in total. The third-order valence-electron chi connectivity index (χ3n) is 5.37. The fourth-order valence-corrected chi connectivity index (χ4v) is 3.97. The third kappa shape index (κ3) is 4.27. The lowest BCUT2D eigenvalue weighted by Gasteiger charge is -2.24. The number of hydrogen-bond donors (Lipinski definition) is 2. The van der Waals surface area contributed by atoms with Gasteiger partial charge in [0.15, 0.2) is 18.1 Å². The van der Waals surface area contributed by atoms with Gasteiger partial charge in [-0.25, -0.2) is 4.68 Å². The molecule has 1 atom stereocenters. The number of carbonyl (C=O) groups excluding carboxylic acids is 2. The van der Waals surface area contributed by atoms with E-state index in [-0.39, 0.29) is 30.9 Å². The fourth-order valence-electron chi connectivity index (χ4n) is 3.97. The summed E-state index contributed by atoms with van der Waals surface area (Å²) in [5.41, 5.74) is 4.77. The zero-order valence-electron chi connectivity index (χ0n) is 18.4. The quantitative estimate of drug-likeness (QED) is 0.616. The number of carbonyl (C=O) groups is 2. The monoisotopic (exact) mass is 435 g/mol. The van der Waals surface area contributed by atoms with Crippen molar-refractivity contribution in [3.05, 3.63) is 58.9 Å². The van der Waals surface area contributed by atoms with E-state index < -0.39 is 0 Å². The Bertz CT molecular complexity index is 1160. The van der Waals surface area contributed by atoms with Crippen molar-refractivity contribution in [3.8, 4) is 11.5 Å². The van der Waals surface area contributed by atoms with E-state index in [2.05, 4.69) is 20.7 Å². The molecule has 4 rings (SSSR count). The van der Waals surface area contributed by atoms with Crippen molar-refractivity contribution < 1.29 is 19.1 Å². The SMILES string of the molecule is COc1cc([C@H]2CC(=O)Nc3ncnn32)ccc1OCC(=O)Nc1c(C)cc(C)cc1C. The van der Waals surface area contributed by atoms with Gasteiger partial charge in [0.2, 0.25) is 11.9 Å². The van der Waals surface area contributed by atoms with Gasteiger partial charge in [-0.15, -0.1) is 0 Å². The standard InChI is InChI=1S/C23H25N5O4/c1-13-7-14(2)22(15(3)8-13)26-21(30)11-32-18-6-5-16(9-19(18)31-4)17-10-20(29)27-23-24-12-25-28(17)23/h5-9,12,17H,10-11H2,1-4H3,(H,26,30)(H,24,25,27,29)/t17-/m1/s1. The molecule has 0 aliphatic carbocycles. The van der Waals surface area contributed by atoms with Crippen LogP contribution in [0.3, 0.4) is 0 Å². The molecule has 0 unspecified atom stereocenters. The average Bonchev–Trinajstić information content (AvgIpc) is 3.22. The number of benzene rings is 2. The molecule has 2 heterocycles. The van der Waals surface area contributed by atoms with Crippen molar-refractivity contribution >= 4 is 23.5 Å². The first-order valence-electron chi connectivity index (χ1n) is 10.2. The highest BCUT2D eigenvalue weighted by Gasteiger charge is 2.28. The number of ether oxygens (including phenoxy) is 2. The molecule has 9 nitrogen and oxygen atoms in total. The number of methoxy groups -OCH3 is 1. The van der Waals surface area contributed by atoms with Crippen molar-refractivity contribution in [2.24, 2.45) is 0 Å². The molecular formula is C23H25N5O4. The van der Waals surface area contributed by atoms with Crippen LogP contribution in [0.25, 0.3) is 0 Å². The van der Waals surface area contributed by atoms with Crippen LogP contribution in [0.5, 0.6) is 11.5 Å². The predicted molar refractivity (Wildman–Crippen MR) is 119 cm³/mol. The topological polar surface area (TPSA) is 107 Å². The second-order valence-electron chi connectivity index (χ2n) is 7.82. The Labute approximate surface area is 185 Å². The summed E-state index contributed by atoms with van der Waals surface area (Å²) in [5, 5.41) is 9.83. The summed E-state index contributed by atoms with van der Waals surface area (Å²) in [4.78, 5) is 28.6. The van der Waals surface area contributed by atoms with Crippen LogP contribution in [0.1, 0.15) is 34.7 Å². The van der Waals surface area contributed by atoms with Gasteiger partial charge in [-0.05, 0) is 49.6 Å². The number of aryl methyl sites for hydroxylation is 3. The second kappa shape index (κ2) is 8.70. The van der Waals surface area contributed by atoms with E-state index in [1.165, 1.54) is 13.4 Å². The Balaban J connectivity index is 1.48. The summed E-state index contributed by atoms with van der Waals surface area (Å²) in [6, 6.07) is 9.09. The molecule has 9 heteroatoms. The largest absolute Gasteiger partial charge is 0.493 e. The molecular weight excluding hydrogens is 410 g/mol. The summed E-state index contributed by atoms with van der Waals surface area (Å²) in [6.45, 7) is 5.78. The Morgan fingerprint density at radius 2 is 1.94 bits per heavy atom. The minimum atomic E-state index is -0.306. The molecule has 0 radical (unpaired) electrons. The van der Waals surface area contributed by atoms with Crippen molar-refractivity contribution in [2.45, 2.75) is 33.2 Å². The van der Waals surface area contributed by atoms with E-state index >= 15 is 0 Å². The number of aromatic nitrogens is 3. The predicted octanol–water partition coefficient (Wildman–Crippen LogP) is 3.16. The van der Waals surface area contributed by atoms with Crippen LogP contribution in [0.4, 0.5) is 11.6 Å². The number of hydrogen-bond acceptors (Lipinski definition) is 6. The summed E-state index contributed by atoms with van der Waals surface area (Å²) in [7, 11) is 1.53. The number of nitrogens with zero attached hydrogens (tertiary/aromatic N) is 3. The molecule has 166 valence electrons. The van der Waals surface area contributed by atoms with Crippen LogP contribution in [-0.2, 0) is 9.59 Å². The molecule has 0 fully saturated rings. The highest BCUT2D eigenvalue weighted by atomic mass is 16.5. The van der Waals surface area contributed by atoms with Gasteiger partial charge in [0, 0.05) is 5.69 Å². The number of fused-ring (bicyclic) bond motifs is 1. The zero-order chi connectivity index (χ0) is 22.8. The number of nitrogens with one attached hydrogen (secondary N) is 2. The summed E-state index contributed by atoms with van der Waals surface area (Å²) in [5.74, 6) is 0.910. The molecule has 3 aromatic rings. The highest BCUT2D eigenvalue weighted by Crippen LogP contribution is 2.35. The molecule has 2 aromatic carbocycles. The summed E-state index contributed by atoms with van der Waals surface area (Å²) < 4.78 is 12.9. The van der Waals surface area contributed by atoms with E-state index in [4.69, 9.17) is 9.47 Å². The first kappa shape index (κ1) is 21.4. The maximum Gasteiger partial charge on any atom is 0.262 e. The van der Waals surface area contributed by atoms with E-state index in [0.717, 1.165) is 27.9 Å². The molecule has 1 aromatic heterocycles. The van der Waals surface area contributed by atoms with Gasteiger partial charge in [-0.2, -0.15) is 10.1 Å². The van der Waals surface area contributed by atoms with Crippen LogP contribution >= 0.6 is 0 Å². The van der Waals surface area contributed by atoms with Gasteiger partial charge in [0.05, 0.1) is 19.6 Å². The minimum Gasteiger partial charge on any atom is -0.493 e. The number of anilines is 2. The first-order chi connectivity index (χ1) is 15.4. The van der Waals surface area contributed by atoms with E-state index in [1.807, 2.05) is 39.0 Å². The minimum absolute atomic E-state index is 0.131. The number of rotatable bonds is 6.